The average Bonchev–Trinajstić information content (AvgIpc) is 2.36. The number of nitrogens with two attached hydrogens (primary N) is 1. The average molecular weight is 254 g/mol. The second kappa shape index (κ2) is 7.29. The lowest BCUT2D eigenvalue weighted by Crippen LogP contribution is -2.08. The van der Waals surface area contributed by atoms with Crippen LogP contribution in [0.4, 0.5) is 0 Å². The Balaban J connectivity index is 2.57. The molecule has 17 heavy (non-hydrogen) atoms. The quantitative estimate of drug-likeness (QED) is 0.785. The largest absolute Gasteiger partial charge is 0.464 e. The molecule has 94 valence electrons. The minimum atomic E-state index is -0.396. The molecule has 4 nitrogen and oxygen atoms in total. The van der Waals surface area contributed by atoms with E-state index in [0.717, 1.165) is 17.9 Å². The van der Waals surface area contributed by atoms with Gasteiger partial charge in [-0.3, -0.25) is 0 Å². The van der Waals surface area contributed by atoms with Gasteiger partial charge in [0.15, 0.2) is 0 Å². The third-order valence-corrected chi connectivity index (χ3v) is 3.56. The van der Waals surface area contributed by atoms with E-state index in [-0.39, 0.29) is 0 Å². The van der Waals surface area contributed by atoms with E-state index in [1.807, 2.05) is 12.1 Å². The van der Waals surface area contributed by atoms with Crippen LogP contribution in [0.25, 0.3) is 0 Å². The maximum absolute atomic E-state index is 11.3. The topological polar surface area (TPSA) is 65.2 Å². The van der Waals surface area contributed by atoms with Gasteiger partial charge in [-0.15, -0.1) is 0 Å². The molecule has 0 aromatic carbocycles. The Morgan fingerprint density at radius 2 is 2.35 bits per heavy atom. The zero-order valence-corrected chi connectivity index (χ0v) is 11.0. The summed E-state index contributed by atoms with van der Waals surface area (Å²) in [5.41, 5.74) is 6.74. The van der Waals surface area contributed by atoms with Gasteiger partial charge in [0.05, 0.1) is 12.8 Å². The molecule has 0 spiro atoms. The van der Waals surface area contributed by atoms with Crippen molar-refractivity contribution in [3.05, 3.63) is 29.6 Å². The van der Waals surface area contributed by atoms with Crippen molar-refractivity contribution in [1.29, 1.82) is 0 Å². The predicted octanol–water partition coefficient (Wildman–Crippen LogP) is 1.84. The summed E-state index contributed by atoms with van der Waals surface area (Å²) in [5.74, 6) is 0.387. The number of ether oxygens (including phenoxy) is 1. The molecule has 1 aromatic heterocycles. The molecule has 1 heterocycles. The van der Waals surface area contributed by atoms with E-state index in [1.54, 1.807) is 17.8 Å². The Bertz CT molecular complexity index is 371. The van der Waals surface area contributed by atoms with E-state index < -0.39 is 5.97 Å². The Hall–Kier alpha value is -1.07. The summed E-state index contributed by atoms with van der Waals surface area (Å²) in [6.07, 6.45) is 0.987. The highest BCUT2D eigenvalue weighted by Gasteiger charge is 2.08. The highest BCUT2D eigenvalue weighted by molar-refractivity contribution is 7.99. The first-order valence-electron chi connectivity index (χ1n) is 5.53. The van der Waals surface area contributed by atoms with E-state index >= 15 is 0 Å². The zero-order chi connectivity index (χ0) is 12.7. The standard InChI is InChI=1S/C12H18N2O2S/c1-9(6-7-13)17-8-10-4-3-5-11(14-10)12(15)16-2/h3-5,9H,6-8,13H2,1-2H3. The van der Waals surface area contributed by atoms with Crippen molar-refractivity contribution in [2.75, 3.05) is 13.7 Å². The summed E-state index contributed by atoms with van der Waals surface area (Å²) in [6, 6.07) is 5.39. The highest BCUT2D eigenvalue weighted by atomic mass is 32.2. The second-order valence-corrected chi connectivity index (χ2v) is 5.13. The van der Waals surface area contributed by atoms with Gasteiger partial charge in [-0.1, -0.05) is 13.0 Å². The Morgan fingerprint density at radius 3 is 3.00 bits per heavy atom. The van der Waals surface area contributed by atoms with Gasteiger partial charge in [0.25, 0.3) is 0 Å². The number of methoxy groups -OCH3 is 1. The molecule has 0 amide bonds. The molecule has 0 radical (unpaired) electrons. The van der Waals surface area contributed by atoms with Crippen LogP contribution in [-0.2, 0) is 10.5 Å². The number of thioether (sulfide) groups is 1. The molecule has 0 aliphatic rings. The van der Waals surface area contributed by atoms with Gasteiger partial charge in [0, 0.05) is 11.0 Å². The molecule has 0 fully saturated rings. The van der Waals surface area contributed by atoms with Gasteiger partial charge in [-0.25, -0.2) is 9.78 Å². The lowest BCUT2D eigenvalue weighted by molar-refractivity contribution is 0.0594. The van der Waals surface area contributed by atoms with Crippen LogP contribution < -0.4 is 5.73 Å². The molecule has 0 aliphatic heterocycles. The molecule has 1 aromatic rings. The number of carbonyl (C=O) groups excluding carboxylic acids is 1. The van der Waals surface area contributed by atoms with Crippen LogP contribution in [0.15, 0.2) is 18.2 Å². The molecule has 2 N–H and O–H groups in total. The van der Waals surface area contributed by atoms with Crippen LogP contribution in [0.5, 0.6) is 0 Å². The first-order valence-corrected chi connectivity index (χ1v) is 6.58. The molecule has 1 atom stereocenters. The zero-order valence-electron chi connectivity index (χ0n) is 10.2. The third-order valence-electron chi connectivity index (χ3n) is 2.29. The fraction of sp³-hybridized carbons (Fsp3) is 0.500. The van der Waals surface area contributed by atoms with Crippen molar-refractivity contribution in [1.82, 2.24) is 4.98 Å². The van der Waals surface area contributed by atoms with Gasteiger partial charge >= 0.3 is 5.97 Å². The fourth-order valence-electron chi connectivity index (χ4n) is 1.32. The molecule has 1 unspecified atom stereocenters. The number of hydrogen-bond acceptors (Lipinski definition) is 5. The molecule has 0 aliphatic carbocycles. The maximum atomic E-state index is 11.3. The van der Waals surface area contributed by atoms with E-state index in [0.29, 0.717) is 17.5 Å². The van der Waals surface area contributed by atoms with E-state index in [4.69, 9.17) is 5.73 Å². The summed E-state index contributed by atoms with van der Waals surface area (Å²) >= 11 is 1.79. The van der Waals surface area contributed by atoms with Crippen molar-refractivity contribution in [2.45, 2.75) is 24.3 Å². The summed E-state index contributed by atoms with van der Waals surface area (Å²) in [7, 11) is 1.36. The first-order chi connectivity index (χ1) is 8.17. The second-order valence-electron chi connectivity index (χ2n) is 3.70. The first kappa shape index (κ1) is 14.0. The van der Waals surface area contributed by atoms with Crippen LogP contribution in [0.3, 0.4) is 0 Å². The molecule has 5 heteroatoms. The minimum absolute atomic E-state index is 0.358. The SMILES string of the molecule is COC(=O)c1cccc(CSC(C)CCN)n1. The van der Waals surface area contributed by atoms with E-state index in [1.165, 1.54) is 7.11 Å². The van der Waals surface area contributed by atoms with Crippen molar-refractivity contribution < 1.29 is 9.53 Å². The van der Waals surface area contributed by atoms with E-state index in [2.05, 4.69) is 16.6 Å². The monoisotopic (exact) mass is 254 g/mol. The van der Waals surface area contributed by atoms with Gasteiger partial charge in [0.2, 0.25) is 0 Å². The number of rotatable bonds is 6. The van der Waals surface area contributed by atoms with Crippen molar-refractivity contribution in [3.8, 4) is 0 Å². The number of hydrogen-bond donors (Lipinski definition) is 1. The molecule has 0 saturated heterocycles. The fourth-order valence-corrected chi connectivity index (χ4v) is 2.24. The van der Waals surface area contributed by atoms with Gasteiger partial charge in [0.1, 0.15) is 5.69 Å². The number of pyridine rings is 1. The summed E-state index contributed by atoms with van der Waals surface area (Å²) < 4.78 is 4.63. The van der Waals surface area contributed by atoms with Gasteiger partial charge in [-0.2, -0.15) is 11.8 Å². The molecular weight excluding hydrogens is 236 g/mol. The Labute approximate surface area is 106 Å². The van der Waals surface area contributed by atoms with Crippen LogP contribution in [0.1, 0.15) is 29.5 Å². The highest BCUT2D eigenvalue weighted by Crippen LogP contribution is 2.18. The Kier molecular flexibility index (Phi) is 6.00. The van der Waals surface area contributed by atoms with Crippen LogP contribution in [-0.4, -0.2) is 29.9 Å². The molecule has 0 saturated carbocycles. The maximum Gasteiger partial charge on any atom is 0.356 e. The van der Waals surface area contributed by atoms with Gasteiger partial charge in [-0.05, 0) is 25.1 Å². The lowest BCUT2D eigenvalue weighted by atomic mass is 10.3. The summed E-state index contributed by atoms with van der Waals surface area (Å²) in [4.78, 5) is 15.5. The predicted molar refractivity (Wildman–Crippen MR) is 70.0 cm³/mol. The number of carbonyl (C=O) groups is 1. The number of nitrogens with zero attached hydrogens (tertiary/aromatic N) is 1. The smallest absolute Gasteiger partial charge is 0.356 e. The normalized spacial score (nSPS) is 12.2. The summed E-state index contributed by atoms with van der Waals surface area (Å²) in [6.45, 7) is 2.84. The van der Waals surface area contributed by atoms with Crippen LogP contribution in [0, 0.1) is 0 Å². The summed E-state index contributed by atoms with van der Waals surface area (Å²) in [5, 5.41) is 0.503. The van der Waals surface area contributed by atoms with Crippen molar-refractivity contribution in [3.63, 3.8) is 0 Å². The van der Waals surface area contributed by atoms with Gasteiger partial charge < -0.3 is 10.5 Å². The number of esters is 1. The Morgan fingerprint density at radius 1 is 1.59 bits per heavy atom. The number of aromatic nitrogens is 1. The van der Waals surface area contributed by atoms with Crippen molar-refractivity contribution >= 4 is 17.7 Å². The van der Waals surface area contributed by atoms with E-state index in [9.17, 15) is 4.79 Å². The minimum Gasteiger partial charge on any atom is -0.464 e. The van der Waals surface area contributed by atoms with Crippen LogP contribution in [0.2, 0.25) is 0 Å². The molecule has 0 bridgehead atoms. The molecule has 1 rings (SSSR count). The van der Waals surface area contributed by atoms with Crippen LogP contribution >= 0.6 is 11.8 Å². The lowest BCUT2D eigenvalue weighted by Gasteiger charge is -2.09. The molecular formula is C12H18N2O2S. The third kappa shape index (κ3) is 4.75. The van der Waals surface area contributed by atoms with Crippen molar-refractivity contribution in [2.24, 2.45) is 5.73 Å².